The third-order valence-electron chi connectivity index (χ3n) is 3.30. The summed E-state index contributed by atoms with van der Waals surface area (Å²) in [4.78, 5) is 35.2. The predicted molar refractivity (Wildman–Crippen MR) is 74.5 cm³/mol. The number of carboxylic acid groups (broad SMARTS) is 1. The van der Waals surface area contributed by atoms with Gasteiger partial charge in [0.1, 0.15) is 6.04 Å². The van der Waals surface area contributed by atoms with E-state index in [1.54, 1.807) is 0 Å². The van der Waals surface area contributed by atoms with E-state index in [-0.39, 0.29) is 11.5 Å². The van der Waals surface area contributed by atoms with E-state index in [1.807, 2.05) is 0 Å². The Bertz CT molecular complexity index is 558. The topological polar surface area (TPSA) is 125 Å². The molecule has 8 heteroatoms. The van der Waals surface area contributed by atoms with Gasteiger partial charge in [0.05, 0.1) is 11.3 Å². The fourth-order valence-corrected chi connectivity index (χ4v) is 2.22. The van der Waals surface area contributed by atoms with Gasteiger partial charge in [-0.05, 0) is 37.1 Å². The number of nitrogens with zero attached hydrogens (tertiary/aromatic N) is 1. The second kappa shape index (κ2) is 6.12. The van der Waals surface area contributed by atoms with Crippen LogP contribution >= 0.6 is 0 Å². The summed E-state index contributed by atoms with van der Waals surface area (Å²) in [6.45, 7) is 0.473. The van der Waals surface area contributed by atoms with E-state index in [1.165, 1.54) is 29.2 Å². The molecule has 21 heavy (non-hydrogen) atoms. The van der Waals surface area contributed by atoms with Gasteiger partial charge in [0, 0.05) is 6.54 Å². The molecule has 1 aromatic carbocycles. The average molecular weight is 292 g/mol. The largest absolute Gasteiger partial charge is 0.478 e. The highest BCUT2D eigenvalue weighted by molar-refractivity contribution is 5.89. The summed E-state index contributed by atoms with van der Waals surface area (Å²) >= 11 is 0. The molecule has 0 aromatic heterocycles. The van der Waals surface area contributed by atoms with E-state index in [0.29, 0.717) is 18.7 Å². The third kappa shape index (κ3) is 3.41. The highest BCUT2D eigenvalue weighted by Crippen LogP contribution is 2.17. The molecule has 1 aliphatic rings. The minimum absolute atomic E-state index is 0.155. The molecule has 5 N–H and O–H groups in total. The van der Waals surface area contributed by atoms with Gasteiger partial charge in [-0.25, -0.2) is 9.59 Å². The van der Waals surface area contributed by atoms with Gasteiger partial charge in [0.2, 0.25) is 0 Å². The number of hydrazine groups is 1. The summed E-state index contributed by atoms with van der Waals surface area (Å²) in [7, 11) is 0. The number of likely N-dealkylation sites (tertiary alicyclic amines) is 1. The lowest BCUT2D eigenvalue weighted by molar-refractivity contribution is -0.124. The molecular formula is C13H16N4O4. The lowest BCUT2D eigenvalue weighted by Crippen LogP contribution is -2.49. The minimum Gasteiger partial charge on any atom is -0.478 e. The predicted octanol–water partition coefficient (Wildman–Crippen LogP) is 0.371. The maximum atomic E-state index is 12.0. The first kappa shape index (κ1) is 14.6. The number of hydrogen-bond donors (Lipinski definition) is 4. The molecule has 1 aromatic rings. The van der Waals surface area contributed by atoms with E-state index in [0.717, 1.165) is 6.42 Å². The Kier molecular flexibility index (Phi) is 4.27. The Labute approximate surface area is 120 Å². The van der Waals surface area contributed by atoms with Crippen molar-refractivity contribution in [3.63, 3.8) is 0 Å². The highest BCUT2D eigenvalue weighted by atomic mass is 16.4. The molecule has 2 rings (SSSR count). The van der Waals surface area contributed by atoms with Gasteiger partial charge >= 0.3 is 12.0 Å². The van der Waals surface area contributed by atoms with Gasteiger partial charge in [-0.3, -0.25) is 15.6 Å². The third-order valence-corrected chi connectivity index (χ3v) is 3.30. The first-order chi connectivity index (χ1) is 9.99. The van der Waals surface area contributed by atoms with Gasteiger partial charge in [-0.1, -0.05) is 0 Å². The van der Waals surface area contributed by atoms with Crippen molar-refractivity contribution < 1.29 is 19.5 Å². The number of amides is 3. The van der Waals surface area contributed by atoms with Crippen LogP contribution in [0.1, 0.15) is 23.2 Å². The molecule has 1 heterocycles. The molecule has 0 aliphatic carbocycles. The van der Waals surface area contributed by atoms with Crippen LogP contribution in [0.25, 0.3) is 0 Å². The molecule has 0 spiro atoms. The Morgan fingerprint density at radius 1 is 1.24 bits per heavy atom. The van der Waals surface area contributed by atoms with Crippen molar-refractivity contribution in [2.45, 2.75) is 18.9 Å². The van der Waals surface area contributed by atoms with Crippen molar-refractivity contribution >= 4 is 23.6 Å². The fourth-order valence-electron chi connectivity index (χ4n) is 2.22. The number of aromatic carboxylic acids is 1. The van der Waals surface area contributed by atoms with E-state index >= 15 is 0 Å². The van der Waals surface area contributed by atoms with Crippen LogP contribution in [0.3, 0.4) is 0 Å². The normalized spacial score (nSPS) is 17.3. The van der Waals surface area contributed by atoms with Crippen molar-refractivity contribution in [2.24, 2.45) is 5.73 Å². The van der Waals surface area contributed by atoms with Gasteiger partial charge in [-0.2, -0.15) is 0 Å². The maximum absolute atomic E-state index is 12.0. The van der Waals surface area contributed by atoms with Crippen LogP contribution in [-0.4, -0.2) is 40.5 Å². The molecule has 0 saturated carbocycles. The number of hydrogen-bond acceptors (Lipinski definition) is 4. The molecule has 0 bridgehead atoms. The summed E-state index contributed by atoms with van der Waals surface area (Å²) < 4.78 is 0. The van der Waals surface area contributed by atoms with Crippen LogP contribution in [0.5, 0.6) is 0 Å². The lowest BCUT2D eigenvalue weighted by Gasteiger charge is -2.22. The zero-order chi connectivity index (χ0) is 15.4. The van der Waals surface area contributed by atoms with Gasteiger partial charge in [-0.15, -0.1) is 0 Å². The van der Waals surface area contributed by atoms with Crippen LogP contribution in [-0.2, 0) is 4.79 Å². The van der Waals surface area contributed by atoms with Crippen molar-refractivity contribution in [1.29, 1.82) is 0 Å². The van der Waals surface area contributed by atoms with E-state index < -0.39 is 18.0 Å². The minimum atomic E-state index is -1.02. The monoisotopic (exact) mass is 292 g/mol. The van der Waals surface area contributed by atoms with Gasteiger partial charge in [0.25, 0.3) is 5.91 Å². The number of benzene rings is 1. The number of nitrogens with one attached hydrogen (secondary N) is 2. The SMILES string of the molecule is NC(=O)N1CCCC1C(=O)NNc1ccc(C(=O)O)cc1. The standard InChI is InChI=1S/C13H16N4O4/c14-13(21)17-7-1-2-10(17)11(18)16-15-9-5-3-8(4-6-9)12(19)20/h3-6,10,15H,1-2,7H2,(H2,14,21)(H,16,18)(H,19,20). The Balaban J connectivity index is 1.91. The van der Waals surface area contributed by atoms with Crippen LogP contribution in [0.15, 0.2) is 24.3 Å². The summed E-state index contributed by atoms with van der Waals surface area (Å²) in [5.74, 6) is -1.37. The Morgan fingerprint density at radius 3 is 2.48 bits per heavy atom. The average Bonchev–Trinajstić information content (AvgIpc) is 2.95. The van der Waals surface area contributed by atoms with E-state index in [9.17, 15) is 14.4 Å². The number of nitrogens with two attached hydrogens (primary N) is 1. The molecule has 1 fully saturated rings. The van der Waals surface area contributed by atoms with Crippen molar-refractivity contribution in [3.05, 3.63) is 29.8 Å². The number of carbonyl (C=O) groups is 3. The Hall–Kier alpha value is -2.77. The highest BCUT2D eigenvalue weighted by Gasteiger charge is 2.32. The number of urea groups is 1. The second-order valence-electron chi connectivity index (χ2n) is 4.69. The lowest BCUT2D eigenvalue weighted by atomic mass is 10.2. The number of carbonyl (C=O) groups excluding carboxylic acids is 2. The number of anilines is 1. The van der Waals surface area contributed by atoms with Crippen molar-refractivity contribution in [1.82, 2.24) is 10.3 Å². The summed E-state index contributed by atoms with van der Waals surface area (Å²) in [5, 5.41) is 8.78. The molecule has 0 radical (unpaired) electrons. The zero-order valence-corrected chi connectivity index (χ0v) is 11.2. The van der Waals surface area contributed by atoms with Crippen LogP contribution in [0.4, 0.5) is 10.5 Å². The first-order valence-corrected chi connectivity index (χ1v) is 6.44. The quantitative estimate of drug-likeness (QED) is 0.597. The van der Waals surface area contributed by atoms with Crippen LogP contribution in [0, 0.1) is 0 Å². The van der Waals surface area contributed by atoms with Crippen LogP contribution in [0.2, 0.25) is 0 Å². The molecular weight excluding hydrogens is 276 g/mol. The van der Waals surface area contributed by atoms with Crippen LogP contribution < -0.4 is 16.6 Å². The number of primary amides is 1. The smallest absolute Gasteiger partial charge is 0.335 e. The summed E-state index contributed by atoms with van der Waals surface area (Å²) in [6, 6.07) is 4.71. The second-order valence-corrected chi connectivity index (χ2v) is 4.69. The van der Waals surface area contributed by atoms with E-state index in [2.05, 4.69) is 10.9 Å². The summed E-state index contributed by atoms with van der Waals surface area (Å²) in [5.41, 5.74) is 11.1. The molecule has 8 nitrogen and oxygen atoms in total. The maximum Gasteiger partial charge on any atom is 0.335 e. The molecule has 1 unspecified atom stereocenters. The summed E-state index contributed by atoms with van der Waals surface area (Å²) in [6.07, 6.45) is 1.29. The number of rotatable bonds is 4. The first-order valence-electron chi connectivity index (χ1n) is 6.44. The zero-order valence-electron chi connectivity index (χ0n) is 11.2. The van der Waals surface area contributed by atoms with Gasteiger partial charge < -0.3 is 15.7 Å². The Morgan fingerprint density at radius 2 is 1.90 bits per heavy atom. The fraction of sp³-hybridized carbons (Fsp3) is 0.308. The molecule has 1 aliphatic heterocycles. The van der Waals surface area contributed by atoms with Crippen molar-refractivity contribution in [2.75, 3.05) is 12.0 Å². The molecule has 1 saturated heterocycles. The van der Waals surface area contributed by atoms with Gasteiger partial charge in [0.15, 0.2) is 0 Å². The molecule has 3 amide bonds. The number of carboxylic acids is 1. The molecule has 1 atom stereocenters. The van der Waals surface area contributed by atoms with E-state index in [4.69, 9.17) is 10.8 Å². The van der Waals surface area contributed by atoms with Crippen molar-refractivity contribution in [3.8, 4) is 0 Å². The molecule has 112 valence electrons.